The van der Waals surface area contributed by atoms with Crippen LogP contribution in [0.15, 0.2) is 21.4 Å². The smallest absolute Gasteiger partial charge is 0.295 e. The Bertz CT molecular complexity index is 839. The standard InChI is InChI=1S/C13H11BrFN3O3/c1-17-11-7(3-2-6(15)10(11)14)18(13(17)21)8-4-5-9(19)16-12(8)20/h2-3,8H,4-5H2,1H3,(H,16,19,20). The number of imide groups is 1. The van der Waals surface area contributed by atoms with Crippen molar-refractivity contribution in [3.63, 3.8) is 0 Å². The molecule has 3 rings (SSSR count). The first-order valence-corrected chi connectivity index (χ1v) is 7.09. The van der Waals surface area contributed by atoms with Crippen molar-refractivity contribution in [1.82, 2.24) is 14.5 Å². The number of halogens is 2. The van der Waals surface area contributed by atoms with Crippen molar-refractivity contribution in [1.29, 1.82) is 0 Å². The van der Waals surface area contributed by atoms with Crippen molar-refractivity contribution in [2.75, 3.05) is 0 Å². The van der Waals surface area contributed by atoms with Gasteiger partial charge in [-0.25, -0.2) is 9.18 Å². The van der Waals surface area contributed by atoms with Gasteiger partial charge < -0.3 is 0 Å². The van der Waals surface area contributed by atoms with Gasteiger partial charge >= 0.3 is 5.69 Å². The van der Waals surface area contributed by atoms with E-state index in [1.807, 2.05) is 0 Å². The van der Waals surface area contributed by atoms with Crippen LogP contribution in [-0.2, 0) is 16.6 Å². The van der Waals surface area contributed by atoms with E-state index in [1.165, 1.54) is 28.3 Å². The highest BCUT2D eigenvalue weighted by Gasteiger charge is 2.31. The Morgan fingerprint density at radius 3 is 2.71 bits per heavy atom. The number of hydrogen-bond acceptors (Lipinski definition) is 3. The molecule has 1 saturated heterocycles. The molecule has 8 heteroatoms. The SMILES string of the molecule is Cn1c(=O)n(C2CCC(=O)NC2=O)c2ccc(F)c(Br)c21. The lowest BCUT2D eigenvalue weighted by atomic mass is 10.1. The molecule has 1 atom stereocenters. The normalized spacial score (nSPS) is 19.1. The Hall–Kier alpha value is -1.96. The first kappa shape index (κ1) is 14.0. The number of amides is 2. The van der Waals surface area contributed by atoms with Crippen LogP contribution in [0.2, 0.25) is 0 Å². The third kappa shape index (κ3) is 2.01. The van der Waals surface area contributed by atoms with Crippen LogP contribution in [0.1, 0.15) is 18.9 Å². The molecule has 21 heavy (non-hydrogen) atoms. The molecule has 0 radical (unpaired) electrons. The Morgan fingerprint density at radius 1 is 1.33 bits per heavy atom. The van der Waals surface area contributed by atoms with Crippen molar-refractivity contribution in [3.8, 4) is 0 Å². The van der Waals surface area contributed by atoms with Crippen LogP contribution in [0.25, 0.3) is 11.0 Å². The van der Waals surface area contributed by atoms with Crippen LogP contribution >= 0.6 is 15.9 Å². The zero-order valence-electron chi connectivity index (χ0n) is 11.0. The van der Waals surface area contributed by atoms with Crippen molar-refractivity contribution in [3.05, 3.63) is 32.9 Å². The van der Waals surface area contributed by atoms with Crippen LogP contribution in [0.5, 0.6) is 0 Å². The lowest BCUT2D eigenvalue weighted by Gasteiger charge is -2.21. The molecule has 1 unspecified atom stereocenters. The van der Waals surface area contributed by atoms with E-state index in [-0.39, 0.29) is 23.2 Å². The summed E-state index contributed by atoms with van der Waals surface area (Å²) in [5.41, 5.74) is 0.403. The molecule has 0 bridgehead atoms. The second kappa shape index (κ2) is 4.80. The molecule has 0 spiro atoms. The van der Waals surface area contributed by atoms with Gasteiger partial charge in [-0.05, 0) is 34.5 Å². The Labute approximate surface area is 126 Å². The monoisotopic (exact) mass is 355 g/mol. The predicted molar refractivity (Wildman–Crippen MR) is 76.3 cm³/mol. The number of rotatable bonds is 1. The van der Waals surface area contributed by atoms with E-state index < -0.39 is 23.5 Å². The summed E-state index contributed by atoms with van der Waals surface area (Å²) in [6.45, 7) is 0. The van der Waals surface area contributed by atoms with Crippen LogP contribution in [0.3, 0.4) is 0 Å². The first-order valence-electron chi connectivity index (χ1n) is 6.30. The van der Waals surface area contributed by atoms with E-state index in [1.54, 1.807) is 0 Å². The van der Waals surface area contributed by atoms with Gasteiger partial charge in [0.25, 0.3) is 0 Å². The number of aromatic nitrogens is 2. The lowest BCUT2D eigenvalue weighted by Crippen LogP contribution is -2.44. The quantitative estimate of drug-likeness (QED) is 0.781. The van der Waals surface area contributed by atoms with Gasteiger partial charge in [0.2, 0.25) is 11.8 Å². The molecule has 2 amide bonds. The summed E-state index contributed by atoms with van der Waals surface area (Å²) in [6.07, 6.45) is 0.417. The van der Waals surface area contributed by atoms with Crippen LogP contribution in [-0.4, -0.2) is 20.9 Å². The van der Waals surface area contributed by atoms with Gasteiger partial charge in [0.15, 0.2) is 0 Å². The second-order valence-corrected chi connectivity index (χ2v) is 5.70. The summed E-state index contributed by atoms with van der Waals surface area (Å²) in [5.74, 6) is -1.35. The summed E-state index contributed by atoms with van der Waals surface area (Å²) in [5, 5.41) is 2.22. The fraction of sp³-hybridized carbons (Fsp3) is 0.308. The minimum Gasteiger partial charge on any atom is -0.295 e. The Morgan fingerprint density at radius 2 is 2.05 bits per heavy atom. The Balaban J connectivity index is 2.27. The molecule has 2 aromatic rings. The lowest BCUT2D eigenvalue weighted by molar-refractivity contribution is -0.135. The maximum Gasteiger partial charge on any atom is 0.329 e. The molecule has 1 aliphatic heterocycles. The third-order valence-corrected chi connectivity index (χ3v) is 4.41. The molecular formula is C13H11BrFN3O3. The number of imidazole rings is 1. The van der Waals surface area contributed by atoms with Gasteiger partial charge in [-0.1, -0.05) is 0 Å². The molecular weight excluding hydrogens is 345 g/mol. The Kier molecular flexibility index (Phi) is 3.20. The number of piperidine rings is 1. The zero-order chi connectivity index (χ0) is 15.3. The third-order valence-electron chi connectivity index (χ3n) is 3.66. The first-order chi connectivity index (χ1) is 9.91. The van der Waals surface area contributed by atoms with E-state index >= 15 is 0 Å². The number of benzene rings is 1. The van der Waals surface area contributed by atoms with Crippen molar-refractivity contribution in [2.24, 2.45) is 7.05 Å². The number of aryl methyl sites for hydroxylation is 1. The molecule has 1 aliphatic rings. The molecule has 0 saturated carbocycles. The molecule has 1 aromatic heterocycles. The summed E-state index contributed by atoms with van der Waals surface area (Å²) in [6, 6.07) is 1.92. The number of hydrogen-bond donors (Lipinski definition) is 1. The van der Waals surface area contributed by atoms with Gasteiger partial charge in [-0.2, -0.15) is 0 Å². The molecule has 1 N–H and O–H groups in total. The number of carbonyl (C=O) groups is 2. The van der Waals surface area contributed by atoms with Crippen molar-refractivity contribution < 1.29 is 14.0 Å². The number of fused-ring (bicyclic) bond motifs is 1. The van der Waals surface area contributed by atoms with Gasteiger partial charge in [-0.3, -0.25) is 24.0 Å². The second-order valence-electron chi connectivity index (χ2n) is 4.91. The fourth-order valence-corrected chi connectivity index (χ4v) is 3.23. The van der Waals surface area contributed by atoms with Gasteiger partial charge in [0, 0.05) is 13.5 Å². The summed E-state index contributed by atoms with van der Waals surface area (Å²) >= 11 is 3.13. The predicted octanol–water partition coefficient (Wildman–Crippen LogP) is 1.22. The largest absolute Gasteiger partial charge is 0.329 e. The maximum absolute atomic E-state index is 13.6. The van der Waals surface area contributed by atoms with Crippen LogP contribution in [0, 0.1) is 5.82 Å². The highest BCUT2D eigenvalue weighted by molar-refractivity contribution is 9.10. The summed E-state index contributed by atoms with van der Waals surface area (Å²) < 4.78 is 16.4. The topological polar surface area (TPSA) is 73.1 Å². The van der Waals surface area contributed by atoms with E-state index in [0.29, 0.717) is 11.0 Å². The number of nitrogens with zero attached hydrogens (tertiary/aromatic N) is 2. The van der Waals surface area contributed by atoms with Gasteiger partial charge in [-0.15, -0.1) is 0 Å². The molecule has 1 aromatic carbocycles. The van der Waals surface area contributed by atoms with Gasteiger partial charge in [0.05, 0.1) is 15.5 Å². The fourth-order valence-electron chi connectivity index (χ4n) is 2.63. The average Bonchev–Trinajstić information content (AvgIpc) is 2.68. The highest BCUT2D eigenvalue weighted by Crippen LogP contribution is 2.29. The zero-order valence-corrected chi connectivity index (χ0v) is 12.6. The van der Waals surface area contributed by atoms with E-state index in [2.05, 4.69) is 21.2 Å². The molecule has 2 heterocycles. The van der Waals surface area contributed by atoms with E-state index in [0.717, 1.165) is 0 Å². The summed E-state index contributed by atoms with van der Waals surface area (Å²) in [4.78, 5) is 35.6. The van der Waals surface area contributed by atoms with E-state index in [4.69, 9.17) is 0 Å². The maximum atomic E-state index is 13.6. The minimum atomic E-state index is -0.767. The average molecular weight is 356 g/mol. The highest BCUT2D eigenvalue weighted by atomic mass is 79.9. The number of nitrogens with one attached hydrogen (secondary N) is 1. The summed E-state index contributed by atoms with van der Waals surface area (Å²) in [7, 11) is 1.51. The minimum absolute atomic E-state index is 0.168. The molecule has 0 aliphatic carbocycles. The number of carbonyl (C=O) groups excluding carboxylic acids is 2. The van der Waals surface area contributed by atoms with Crippen molar-refractivity contribution >= 4 is 38.8 Å². The molecule has 6 nitrogen and oxygen atoms in total. The van der Waals surface area contributed by atoms with Gasteiger partial charge in [0.1, 0.15) is 11.9 Å². The van der Waals surface area contributed by atoms with E-state index in [9.17, 15) is 18.8 Å². The molecule has 1 fully saturated rings. The van der Waals surface area contributed by atoms with Crippen LogP contribution in [0.4, 0.5) is 4.39 Å². The molecule has 110 valence electrons. The van der Waals surface area contributed by atoms with Crippen molar-refractivity contribution in [2.45, 2.75) is 18.9 Å². The van der Waals surface area contributed by atoms with Crippen LogP contribution < -0.4 is 11.0 Å².